The number of rotatable bonds is 5. The fourth-order valence-electron chi connectivity index (χ4n) is 1.88. The Bertz CT molecular complexity index is 563. The zero-order chi connectivity index (χ0) is 13.7. The van der Waals surface area contributed by atoms with Crippen molar-refractivity contribution in [1.29, 1.82) is 0 Å². The third-order valence-corrected chi connectivity index (χ3v) is 3.92. The average Bonchev–Trinajstić information content (AvgIpc) is 2.77. The van der Waals surface area contributed by atoms with Crippen molar-refractivity contribution in [3.05, 3.63) is 51.7 Å². The van der Waals surface area contributed by atoms with E-state index in [4.69, 9.17) is 0 Å². The van der Waals surface area contributed by atoms with E-state index in [0.717, 1.165) is 24.3 Å². The van der Waals surface area contributed by atoms with Gasteiger partial charge in [-0.15, -0.1) is 11.3 Å². The van der Waals surface area contributed by atoms with Crippen LogP contribution >= 0.6 is 11.3 Å². The Morgan fingerprint density at radius 3 is 2.68 bits per heavy atom. The minimum absolute atomic E-state index is 0.0402. The van der Waals surface area contributed by atoms with Crippen LogP contribution in [0.4, 0.5) is 5.69 Å². The van der Waals surface area contributed by atoms with Crippen molar-refractivity contribution in [2.45, 2.75) is 26.9 Å². The molecule has 2 N–H and O–H groups in total. The van der Waals surface area contributed by atoms with Gasteiger partial charge in [0.15, 0.2) is 0 Å². The van der Waals surface area contributed by atoms with E-state index in [2.05, 4.69) is 29.0 Å². The highest BCUT2D eigenvalue weighted by Gasteiger charge is 2.04. The molecule has 1 amide bonds. The average molecular weight is 274 g/mol. The molecule has 0 bridgehead atoms. The third kappa shape index (κ3) is 3.91. The van der Waals surface area contributed by atoms with E-state index in [1.165, 1.54) is 17.4 Å². The third-order valence-electron chi connectivity index (χ3n) is 2.90. The van der Waals surface area contributed by atoms with E-state index in [1.54, 1.807) is 11.3 Å². The predicted molar refractivity (Wildman–Crippen MR) is 80.3 cm³/mol. The topological polar surface area (TPSA) is 41.1 Å². The van der Waals surface area contributed by atoms with Crippen LogP contribution in [0.1, 0.15) is 22.9 Å². The summed E-state index contributed by atoms with van der Waals surface area (Å²) in [4.78, 5) is 12.5. The van der Waals surface area contributed by atoms with Crippen molar-refractivity contribution in [3.8, 4) is 0 Å². The van der Waals surface area contributed by atoms with Crippen molar-refractivity contribution in [3.63, 3.8) is 0 Å². The van der Waals surface area contributed by atoms with E-state index in [9.17, 15) is 4.79 Å². The smallest absolute Gasteiger partial charge is 0.221 e. The molecule has 4 heteroatoms. The van der Waals surface area contributed by atoms with Crippen molar-refractivity contribution < 1.29 is 4.79 Å². The molecule has 0 fully saturated rings. The summed E-state index contributed by atoms with van der Waals surface area (Å²) in [5.74, 6) is -0.0402. The van der Waals surface area contributed by atoms with Crippen LogP contribution in [0, 0.1) is 6.92 Å². The second-order valence-corrected chi connectivity index (χ2v) is 5.47. The van der Waals surface area contributed by atoms with Crippen molar-refractivity contribution in [2.24, 2.45) is 0 Å². The van der Waals surface area contributed by atoms with Crippen LogP contribution in [0.2, 0.25) is 0 Å². The van der Waals surface area contributed by atoms with Gasteiger partial charge >= 0.3 is 0 Å². The number of para-hydroxylation sites is 1. The van der Waals surface area contributed by atoms with Crippen molar-refractivity contribution in [1.82, 2.24) is 5.32 Å². The quantitative estimate of drug-likeness (QED) is 0.878. The molecule has 0 atom stereocenters. The predicted octanol–water partition coefficient (Wildman–Crippen LogP) is 3.30. The minimum atomic E-state index is -0.0402. The Morgan fingerprint density at radius 2 is 2.00 bits per heavy atom. The Balaban J connectivity index is 1.96. The van der Waals surface area contributed by atoms with Gasteiger partial charge in [-0.25, -0.2) is 0 Å². The first-order chi connectivity index (χ1) is 9.16. The maximum atomic E-state index is 11.1. The minimum Gasteiger partial charge on any atom is -0.326 e. The maximum absolute atomic E-state index is 11.1. The van der Waals surface area contributed by atoms with Gasteiger partial charge in [0.1, 0.15) is 0 Å². The Hall–Kier alpha value is -1.65. The zero-order valence-corrected chi connectivity index (χ0v) is 12.0. The number of aryl methyl sites for hydroxylation is 1. The van der Waals surface area contributed by atoms with Gasteiger partial charge in [-0.3, -0.25) is 4.79 Å². The van der Waals surface area contributed by atoms with E-state index >= 15 is 0 Å². The second-order valence-electron chi connectivity index (χ2n) is 4.47. The van der Waals surface area contributed by atoms with Gasteiger partial charge in [0.05, 0.1) is 0 Å². The van der Waals surface area contributed by atoms with Gasteiger partial charge in [0.25, 0.3) is 0 Å². The van der Waals surface area contributed by atoms with Gasteiger partial charge in [0, 0.05) is 30.6 Å². The molecule has 100 valence electrons. The number of benzene rings is 1. The van der Waals surface area contributed by atoms with Gasteiger partial charge in [-0.2, -0.15) is 0 Å². The first-order valence-corrected chi connectivity index (χ1v) is 7.14. The van der Waals surface area contributed by atoms with Crippen LogP contribution in [-0.4, -0.2) is 5.91 Å². The highest BCUT2D eigenvalue weighted by atomic mass is 32.1. The molecule has 0 saturated carbocycles. The number of nitrogens with one attached hydrogen (secondary N) is 2. The number of carbonyl (C=O) groups is 1. The Kier molecular flexibility index (Phi) is 4.71. The first kappa shape index (κ1) is 13.8. The lowest BCUT2D eigenvalue weighted by molar-refractivity contribution is -0.114. The maximum Gasteiger partial charge on any atom is 0.221 e. The van der Waals surface area contributed by atoms with Crippen LogP contribution < -0.4 is 10.6 Å². The molecular formula is C15H18N2OS. The fourth-order valence-corrected chi connectivity index (χ4v) is 2.76. The molecule has 1 aromatic heterocycles. The normalized spacial score (nSPS) is 10.4. The van der Waals surface area contributed by atoms with Crippen LogP contribution in [-0.2, 0) is 17.9 Å². The van der Waals surface area contributed by atoms with Gasteiger partial charge in [-0.1, -0.05) is 18.2 Å². The summed E-state index contributed by atoms with van der Waals surface area (Å²) >= 11 is 1.77. The SMILES string of the molecule is CC(=O)Nc1ccccc1CNCc1sccc1C. The Labute approximate surface area is 117 Å². The van der Waals surface area contributed by atoms with E-state index in [-0.39, 0.29) is 5.91 Å². The summed E-state index contributed by atoms with van der Waals surface area (Å²) in [6, 6.07) is 10.00. The van der Waals surface area contributed by atoms with Crippen molar-refractivity contribution in [2.75, 3.05) is 5.32 Å². The summed E-state index contributed by atoms with van der Waals surface area (Å²) in [5, 5.41) is 8.38. The van der Waals surface area contributed by atoms with Crippen LogP contribution in [0.25, 0.3) is 0 Å². The zero-order valence-electron chi connectivity index (χ0n) is 11.2. The number of carbonyl (C=O) groups excluding carboxylic acids is 1. The van der Waals surface area contributed by atoms with Crippen LogP contribution in [0.5, 0.6) is 0 Å². The standard InChI is InChI=1S/C15H18N2OS/c1-11-7-8-19-15(11)10-16-9-13-5-3-4-6-14(13)17-12(2)18/h3-8,16H,9-10H2,1-2H3,(H,17,18). The first-order valence-electron chi connectivity index (χ1n) is 6.26. The van der Waals surface area contributed by atoms with Gasteiger partial charge < -0.3 is 10.6 Å². The highest BCUT2D eigenvalue weighted by molar-refractivity contribution is 7.10. The van der Waals surface area contributed by atoms with Crippen LogP contribution in [0.3, 0.4) is 0 Å². The molecule has 0 unspecified atom stereocenters. The number of amides is 1. The lowest BCUT2D eigenvalue weighted by Crippen LogP contribution is -2.15. The molecule has 0 aliphatic carbocycles. The van der Waals surface area contributed by atoms with Gasteiger partial charge in [0.2, 0.25) is 5.91 Å². The van der Waals surface area contributed by atoms with E-state index in [1.807, 2.05) is 24.3 Å². The molecule has 19 heavy (non-hydrogen) atoms. The number of hydrogen-bond donors (Lipinski definition) is 2. The largest absolute Gasteiger partial charge is 0.326 e. The van der Waals surface area contributed by atoms with E-state index < -0.39 is 0 Å². The molecule has 2 aromatic rings. The monoisotopic (exact) mass is 274 g/mol. The number of hydrogen-bond acceptors (Lipinski definition) is 3. The second kappa shape index (κ2) is 6.50. The van der Waals surface area contributed by atoms with Gasteiger partial charge in [-0.05, 0) is 35.6 Å². The Morgan fingerprint density at radius 1 is 1.21 bits per heavy atom. The molecule has 1 heterocycles. The summed E-state index contributed by atoms with van der Waals surface area (Å²) in [6.45, 7) is 5.25. The molecule has 0 aliphatic heterocycles. The molecule has 2 rings (SSSR count). The summed E-state index contributed by atoms with van der Waals surface area (Å²) in [6.07, 6.45) is 0. The summed E-state index contributed by atoms with van der Waals surface area (Å²) in [5.41, 5.74) is 3.31. The van der Waals surface area contributed by atoms with Crippen molar-refractivity contribution >= 4 is 22.9 Å². The summed E-state index contributed by atoms with van der Waals surface area (Å²) in [7, 11) is 0. The molecule has 1 aromatic carbocycles. The molecule has 0 saturated heterocycles. The lowest BCUT2D eigenvalue weighted by Gasteiger charge is -2.10. The number of anilines is 1. The fraction of sp³-hybridized carbons (Fsp3) is 0.267. The molecule has 0 radical (unpaired) electrons. The molecule has 3 nitrogen and oxygen atoms in total. The molecule has 0 aliphatic rings. The summed E-state index contributed by atoms with van der Waals surface area (Å²) < 4.78 is 0. The lowest BCUT2D eigenvalue weighted by atomic mass is 10.1. The van der Waals surface area contributed by atoms with E-state index in [0.29, 0.717) is 0 Å². The molecular weight excluding hydrogens is 256 g/mol. The van der Waals surface area contributed by atoms with Crippen LogP contribution in [0.15, 0.2) is 35.7 Å². The highest BCUT2D eigenvalue weighted by Crippen LogP contribution is 2.17. The molecule has 0 spiro atoms. The number of thiophene rings is 1.